The van der Waals surface area contributed by atoms with Crippen LogP contribution in [0.4, 0.5) is 4.39 Å². The van der Waals surface area contributed by atoms with Crippen molar-refractivity contribution in [2.24, 2.45) is 28.6 Å². The Morgan fingerprint density at radius 3 is 2.37 bits per heavy atom. The summed E-state index contributed by atoms with van der Waals surface area (Å²) in [6, 6.07) is 0. The molecule has 0 aromatic heterocycles. The predicted molar refractivity (Wildman–Crippen MR) is 140 cm³/mol. The Morgan fingerprint density at radius 2 is 1.73 bits per heavy atom. The topological polar surface area (TPSA) is 150 Å². The summed E-state index contributed by atoms with van der Waals surface area (Å²) in [5.41, 5.74) is -7.26. The second-order valence-electron chi connectivity index (χ2n) is 12.1. The van der Waals surface area contributed by atoms with Gasteiger partial charge in [-0.05, 0) is 37.8 Å². The van der Waals surface area contributed by atoms with E-state index in [1.807, 2.05) is 0 Å². The molecule has 4 rings (SSSR count). The average molecular weight is 577 g/mol. The molecule has 4 aliphatic rings. The Morgan fingerprint density at radius 1 is 1.07 bits per heavy atom. The normalized spacial score (nSPS) is 39.1. The van der Waals surface area contributed by atoms with Crippen molar-refractivity contribution in [1.82, 2.24) is 0 Å². The van der Waals surface area contributed by atoms with Crippen LogP contribution in [0.3, 0.4) is 0 Å². The van der Waals surface area contributed by atoms with Crippen LogP contribution in [0.15, 0.2) is 23.8 Å². The van der Waals surface area contributed by atoms with Gasteiger partial charge in [0.2, 0.25) is 5.78 Å². The number of ketones is 3. The van der Waals surface area contributed by atoms with Crippen LogP contribution < -0.4 is 0 Å². The first kappa shape index (κ1) is 30.7. The van der Waals surface area contributed by atoms with Gasteiger partial charge in [0.05, 0.1) is 31.5 Å². The van der Waals surface area contributed by atoms with Gasteiger partial charge >= 0.3 is 17.9 Å². The zero-order valence-corrected chi connectivity index (χ0v) is 24.0. The molecule has 3 fully saturated rings. The third-order valence-electron chi connectivity index (χ3n) is 10.1. The number of alkyl halides is 1. The Labute approximate surface area is 237 Å². The summed E-state index contributed by atoms with van der Waals surface area (Å²) in [6.07, 6.45) is 0.798. The van der Waals surface area contributed by atoms with E-state index in [9.17, 15) is 33.9 Å². The zero-order valence-electron chi connectivity index (χ0n) is 24.0. The molecule has 11 heteroatoms. The van der Waals surface area contributed by atoms with Gasteiger partial charge in [-0.3, -0.25) is 28.8 Å². The molecule has 0 saturated heterocycles. The molecule has 0 aromatic rings. The standard InChI is InChI=1S/C30H37FO10/c1-6-24(36)40-15-23(35)30(41-26(38)8-7-25(37)39-5)16(2)11-18-19-13-21(33)20-12-17(32)9-10-27(20,3)29(19,31)22(34)14-28(18,30)4/h9-10,12,16,18-19,22,34H,6-8,11,13-15H2,1-5H3/t16-,18-,19-,22-,27-,28-,29-,30-/m0/s1. The molecular weight excluding hydrogens is 539 g/mol. The maximum absolute atomic E-state index is 17.5. The zero-order chi connectivity index (χ0) is 30.5. The van der Waals surface area contributed by atoms with E-state index in [0.717, 1.165) is 6.08 Å². The number of Topliss-reactive ketones (excluding diaryl/α,β-unsaturated/α-hetero) is 2. The van der Waals surface area contributed by atoms with E-state index in [2.05, 4.69) is 4.74 Å². The number of hydrogen-bond donors (Lipinski definition) is 1. The SMILES string of the molecule is CCC(=O)OCC(=O)[C@@]1(OC(=O)CCC(=O)OC)[C@@H](C)C[C@H]2[C@@H]3CC(=O)C4=CC(=O)C=C[C@]4(C)[C@@]3(F)[C@@H](O)C[C@@]21C. The molecule has 41 heavy (non-hydrogen) atoms. The van der Waals surface area contributed by atoms with Crippen LogP contribution in [-0.2, 0) is 43.0 Å². The second kappa shape index (κ2) is 10.6. The number of allylic oxidation sites excluding steroid dienone is 4. The van der Waals surface area contributed by atoms with Gasteiger partial charge < -0.3 is 19.3 Å². The van der Waals surface area contributed by atoms with E-state index in [1.165, 1.54) is 26.2 Å². The summed E-state index contributed by atoms with van der Waals surface area (Å²) in [6.45, 7) is 5.64. The molecule has 0 radical (unpaired) electrons. The summed E-state index contributed by atoms with van der Waals surface area (Å²) in [5.74, 6) is -6.28. The van der Waals surface area contributed by atoms with Gasteiger partial charge in [0.25, 0.3) is 0 Å². The van der Waals surface area contributed by atoms with E-state index in [4.69, 9.17) is 9.47 Å². The van der Waals surface area contributed by atoms with Crippen molar-refractivity contribution >= 4 is 35.3 Å². The number of hydrogen-bond acceptors (Lipinski definition) is 10. The van der Waals surface area contributed by atoms with Gasteiger partial charge in [-0.15, -0.1) is 0 Å². The lowest BCUT2D eigenvalue weighted by Crippen LogP contribution is -2.71. The van der Waals surface area contributed by atoms with Gasteiger partial charge in [0.15, 0.2) is 29.4 Å². The van der Waals surface area contributed by atoms with Crippen molar-refractivity contribution in [3.63, 3.8) is 0 Å². The first-order valence-corrected chi connectivity index (χ1v) is 14.0. The molecule has 0 unspecified atom stereocenters. The minimum absolute atomic E-state index is 0.000467. The van der Waals surface area contributed by atoms with Crippen LogP contribution in [0.1, 0.15) is 66.2 Å². The van der Waals surface area contributed by atoms with Crippen LogP contribution in [-0.4, -0.2) is 71.5 Å². The molecule has 8 atom stereocenters. The number of rotatable bonds is 8. The molecular formula is C30H37FO10. The Balaban J connectivity index is 1.80. The van der Waals surface area contributed by atoms with Gasteiger partial charge in [-0.1, -0.05) is 26.8 Å². The summed E-state index contributed by atoms with van der Waals surface area (Å²) in [5, 5.41) is 11.6. The third-order valence-corrected chi connectivity index (χ3v) is 10.1. The van der Waals surface area contributed by atoms with E-state index in [-0.39, 0.29) is 37.7 Å². The van der Waals surface area contributed by atoms with Crippen molar-refractivity contribution in [3.05, 3.63) is 23.8 Å². The lowest BCUT2D eigenvalue weighted by Gasteiger charge is -2.62. The third kappa shape index (κ3) is 4.38. The van der Waals surface area contributed by atoms with Crippen molar-refractivity contribution in [3.8, 4) is 0 Å². The van der Waals surface area contributed by atoms with Crippen molar-refractivity contribution in [1.29, 1.82) is 0 Å². The maximum atomic E-state index is 17.5. The Hall–Kier alpha value is -3.21. The maximum Gasteiger partial charge on any atom is 0.307 e. The minimum atomic E-state index is -2.36. The van der Waals surface area contributed by atoms with E-state index < -0.39 is 94.2 Å². The average Bonchev–Trinajstić information content (AvgIpc) is 3.14. The predicted octanol–water partition coefficient (Wildman–Crippen LogP) is 2.54. The number of carbonyl (C=O) groups is 6. The number of methoxy groups -OCH3 is 1. The highest BCUT2D eigenvalue weighted by molar-refractivity contribution is 6.10. The Kier molecular flexibility index (Phi) is 7.92. The molecule has 0 aromatic carbocycles. The smallest absolute Gasteiger partial charge is 0.307 e. The van der Waals surface area contributed by atoms with E-state index in [0.29, 0.717) is 0 Å². The fourth-order valence-electron chi connectivity index (χ4n) is 8.12. The molecule has 3 saturated carbocycles. The Bertz CT molecular complexity index is 1250. The van der Waals surface area contributed by atoms with Gasteiger partial charge in [-0.25, -0.2) is 4.39 Å². The molecule has 10 nitrogen and oxygen atoms in total. The minimum Gasteiger partial charge on any atom is -0.469 e. The van der Waals surface area contributed by atoms with Crippen molar-refractivity contribution in [2.75, 3.05) is 13.7 Å². The largest absolute Gasteiger partial charge is 0.469 e. The van der Waals surface area contributed by atoms with Crippen molar-refractivity contribution in [2.45, 2.75) is 83.6 Å². The fourth-order valence-corrected chi connectivity index (χ4v) is 8.12. The summed E-state index contributed by atoms with van der Waals surface area (Å²) in [7, 11) is 1.17. The number of carbonyl (C=O) groups excluding carboxylic acids is 6. The first-order chi connectivity index (χ1) is 19.1. The highest BCUT2D eigenvalue weighted by Crippen LogP contribution is 2.71. The number of fused-ring (bicyclic) bond motifs is 5. The van der Waals surface area contributed by atoms with Crippen LogP contribution in [0, 0.1) is 28.6 Å². The fraction of sp³-hybridized carbons (Fsp3) is 0.667. The number of aliphatic hydroxyl groups is 1. The number of ether oxygens (including phenoxy) is 3. The number of halogens is 1. The van der Waals surface area contributed by atoms with Crippen LogP contribution in [0.5, 0.6) is 0 Å². The number of esters is 3. The molecule has 0 heterocycles. The molecule has 1 N–H and O–H groups in total. The van der Waals surface area contributed by atoms with Crippen LogP contribution in [0.25, 0.3) is 0 Å². The molecule has 0 spiro atoms. The first-order valence-electron chi connectivity index (χ1n) is 14.0. The van der Waals surface area contributed by atoms with Gasteiger partial charge in [0.1, 0.15) is 0 Å². The molecule has 4 aliphatic carbocycles. The van der Waals surface area contributed by atoms with E-state index in [1.54, 1.807) is 20.8 Å². The highest BCUT2D eigenvalue weighted by atomic mass is 19.1. The quantitative estimate of drug-likeness (QED) is 0.337. The summed E-state index contributed by atoms with van der Waals surface area (Å²) in [4.78, 5) is 76.1. The lowest BCUT2D eigenvalue weighted by atomic mass is 9.44. The van der Waals surface area contributed by atoms with Crippen molar-refractivity contribution < 1.29 is 52.5 Å². The highest BCUT2D eigenvalue weighted by Gasteiger charge is 2.78. The van der Waals surface area contributed by atoms with Crippen LogP contribution >= 0.6 is 0 Å². The second-order valence-corrected chi connectivity index (χ2v) is 12.1. The summed E-state index contributed by atoms with van der Waals surface area (Å²) >= 11 is 0. The van der Waals surface area contributed by atoms with Gasteiger partial charge in [-0.2, -0.15) is 0 Å². The molecule has 224 valence electrons. The molecule has 0 amide bonds. The van der Waals surface area contributed by atoms with Crippen LogP contribution in [0.2, 0.25) is 0 Å². The molecule has 0 bridgehead atoms. The number of aliphatic hydroxyl groups excluding tert-OH is 1. The lowest BCUT2D eigenvalue weighted by molar-refractivity contribution is -0.227. The van der Waals surface area contributed by atoms with E-state index >= 15 is 4.39 Å². The molecule has 0 aliphatic heterocycles. The summed E-state index contributed by atoms with van der Waals surface area (Å²) < 4.78 is 33.2. The monoisotopic (exact) mass is 576 g/mol. The van der Waals surface area contributed by atoms with Gasteiger partial charge in [0, 0.05) is 35.7 Å².